The Morgan fingerprint density at radius 2 is 2.12 bits per heavy atom. The van der Waals surface area contributed by atoms with E-state index in [-0.39, 0.29) is 6.15 Å². The van der Waals surface area contributed by atoms with Crippen molar-refractivity contribution in [2.45, 2.75) is 6.92 Å². The first-order valence-corrected chi connectivity index (χ1v) is 2.27. The zero-order valence-corrected chi connectivity index (χ0v) is 4.96. The summed E-state index contributed by atoms with van der Waals surface area (Å²) in [6.45, 7) is 1.97. The lowest BCUT2D eigenvalue weighted by molar-refractivity contribution is 1.20. The minimum absolute atomic E-state index is 0. The number of rotatable bonds is 0. The molecule has 0 aromatic carbocycles. The lowest BCUT2D eigenvalue weighted by atomic mass is 10.4. The Morgan fingerprint density at radius 3 is 2.38 bits per heavy atom. The van der Waals surface area contributed by atoms with E-state index in [1.165, 1.54) is 0 Å². The van der Waals surface area contributed by atoms with Crippen LogP contribution in [-0.4, -0.2) is 4.98 Å². The van der Waals surface area contributed by atoms with Crippen LogP contribution in [0.5, 0.6) is 0 Å². The van der Waals surface area contributed by atoms with Crippen molar-refractivity contribution in [3.05, 3.63) is 30.1 Å². The van der Waals surface area contributed by atoms with Crippen molar-refractivity contribution in [1.82, 2.24) is 11.1 Å². The first-order valence-electron chi connectivity index (χ1n) is 2.27. The summed E-state index contributed by atoms with van der Waals surface area (Å²) < 4.78 is 0. The lowest BCUT2D eigenvalue weighted by Crippen LogP contribution is -1.72. The Kier molecular flexibility index (Phi) is 2.80. The van der Waals surface area contributed by atoms with E-state index in [0.717, 1.165) is 5.69 Å². The van der Waals surface area contributed by atoms with Gasteiger partial charge in [-0.05, 0) is 19.1 Å². The Labute approximate surface area is 49.2 Å². The Balaban J connectivity index is 0.000000490. The molecule has 1 rings (SSSR count). The lowest BCUT2D eigenvalue weighted by Gasteiger charge is -1.82. The Hall–Kier alpha value is -0.890. The van der Waals surface area contributed by atoms with Gasteiger partial charge < -0.3 is 6.15 Å². The highest BCUT2D eigenvalue weighted by Gasteiger charge is 1.73. The molecule has 0 unspecified atom stereocenters. The molecular formula is C6H10N2. The van der Waals surface area contributed by atoms with E-state index in [0.29, 0.717) is 0 Å². The van der Waals surface area contributed by atoms with Crippen molar-refractivity contribution in [3.8, 4) is 0 Å². The second-order valence-corrected chi connectivity index (χ2v) is 1.47. The van der Waals surface area contributed by atoms with Crippen LogP contribution in [-0.2, 0) is 0 Å². The summed E-state index contributed by atoms with van der Waals surface area (Å²) >= 11 is 0. The molecule has 0 aliphatic carbocycles. The van der Waals surface area contributed by atoms with Crippen LogP contribution < -0.4 is 6.15 Å². The fourth-order valence-electron chi connectivity index (χ4n) is 0.448. The molecule has 8 heavy (non-hydrogen) atoms. The van der Waals surface area contributed by atoms with Crippen LogP contribution in [0.25, 0.3) is 0 Å². The molecule has 1 aromatic rings. The number of hydrogen-bond acceptors (Lipinski definition) is 2. The minimum atomic E-state index is 0. The number of pyridine rings is 1. The van der Waals surface area contributed by atoms with Crippen molar-refractivity contribution < 1.29 is 0 Å². The zero-order chi connectivity index (χ0) is 5.11. The SMILES string of the molecule is Cc1ccccn1.N. The molecule has 0 aliphatic rings. The van der Waals surface area contributed by atoms with Crippen LogP contribution in [0.1, 0.15) is 5.69 Å². The first-order chi connectivity index (χ1) is 3.39. The molecule has 0 fully saturated rings. The molecule has 44 valence electrons. The number of aryl methyl sites for hydroxylation is 1. The van der Waals surface area contributed by atoms with E-state index in [4.69, 9.17) is 0 Å². The molecular weight excluding hydrogens is 100 g/mol. The maximum Gasteiger partial charge on any atom is 0.0372 e. The summed E-state index contributed by atoms with van der Waals surface area (Å²) in [5.41, 5.74) is 1.07. The summed E-state index contributed by atoms with van der Waals surface area (Å²) in [5, 5.41) is 0. The van der Waals surface area contributed by atoms with E-state index in [2.05, 4.69) is 4.98 Å². The number of hydrogen-bond donors (Lipinski definition) is 1. The van der Waals surface area contributed by atoms with E-state index >= 15 is 0 Å². The van der Waals surface area contributed by atoms with Gasteiger partial charge in [0.25, 0.3) is 0 Å². The second kappa shape index (κ2) is 3.16. The Bertz CT molecular complexity index is 136. The van der Waals surface area contributed by atoms with Gasteiger partial charge >= 0.3 is 0 Å². The molecule has 1 aromatic heterocycles. The monoisotopic (exact) mass is 110 g/mol. The Morgan fingerprint density at radius 1 is 1.38 bits per heavy atom. The van der Waals surface area contributed by atoms with E-state index < -0.39 is 0 Å². The summed E-state index contributed by atoms with van der Waals surface area (Å²) in [4.78, 5) is 3.98. The zero-order valence-electron chi connectivity index (χ0n) is 4.96. The van der Waals surface area contributed by atoms with E-state index in [9.17, 15) is 0 Å². The van der Waals surface area contributed by atoms with Gasteiger partial charge in [-0.15, -0.1) is 0 Å². The molecule has 3 N–H and O–H groups in total. The molecule has 0 aliphatic heterocycles. The summed E-state index contributed by atoms with van der Waals surface area (Å²) in [5.74, 6) is 0. The predicted molar refractivity (Wildman–Crippen MR) is 34.0 cm³/mol. The summed E-state index contributed by atoms with van der Waals surface area (Å²) in [7, 11) is 0. The third-order valence-electron chi connectivity index (χ3n) is 0.813. The quantitative estimate of drug-likeness (QED) is 0.550. The summed E-state index contributed by atoms with van der Waals surface area (Å²) in [6, 6.07) is 5.86. The van der Waals surface area contributed by atoms with Crippen LogP contribution in [0, 0.1) is 6.92 Å². The van der Waals surface area contributed by atoms with Crippen LogP contribution in [0.4, 0.5) is 0 Å². The van der Waals surface area contributed by atoms with Gasteiger partial charge in [-0.25, -0.2) is 0 Å². The maximum atomic E-state index is 3.98. The van der Waals surface area contributed by atoms with Crippen molar-refractivity contribution in [2.24, 2.45) is 0 Å². The van der Waals surface area contributed by atoms with Gasteiger partial charge in [0.05, 0.1) is 0 Å². The predicted octanol–water partition coefficient (Wildman–Crippen LogP) is 1.55. The molecule has 0 radical (unpaired) electrons. The third-order valence-corrected chi connectivity index (χ3v) is 0.813. The molecule has 2 nitrogen and oxygen atoms in total. The standard InChI is InChI=1S/C6H7N.H3N/c1-6-4-2-3-5-7-6;/h2-5H,1H3;1H3. The van der Waals surface area contributed by atoms with Gasteiger partial charge in [-0.3, -0.25) is 4.98 Å². The van der Waals surface area contributed by atoms with Gasteiger partial charge in [0.2, 0.25) is 0 Å². The van der Waals surface area contributed by atoms with Crippen molar-refractivity contribution in [3.63, 3.8) is 0 Å². The molecule has 2 heteroatoms. The normalized spacial score (nSPS) is 7.62. The molecule has 0 atom stereocenters. The average molecular weight is 110 g/mol. The van der Waals surface area contributed by atoms with Crippen LogP contribution in [0.3, 0.4) is 0 Å². The maximum absolute atomic E-state index is 3.98. The van der Waals surface area contributed by atoms with E-state index in [1.807, 2.05) is 25.1 Å². The largest absolute Gasteiger partial charge is 0.344 e. The fourth-order valence-corrected chi connectivity index (χ4v) is 0.448. The summed E-state index contributed by atoms with van der Waals surface area (Å²) in [6.07, 6.45) is 1.79. The molecule has 0 spiro atoms. The number of nitrogens with zero attached hydrogens (tertiary/aromatic N) is 1. The molecule has 0 amide bonds. The topological polar surface area (TPSA) is 47.9 Å². The molecule has 0 saturated carbocycles. The van der Waals surface area contributed by atoms with Crippen molar-refractivity contribution >= 4 is 0 Å². The van der Waals surface area contributed by atoms with Crippen molar-refractivity contribution in [1.29, 1.82) is 0 Å². The van der Waals surface area contributed by atoms with Gasteiger partial charge in [0, 0.05) is 11.9 Å². The van der Waals surface area contributed by atoms with Crippen LogP contribution >= 0.6 is 0 Å². The van der Waals surface area contributed by atoms with Gasteiger partial charge in [-0.2, -0.15) is 0 Å². The fraction of sp³-hybridized carbons (Fsp3) is 0.167. The first kappa shape index (κ1) is 7.11. The average Bonchev–Trinajstić information content (AvgIpc) is 1.69. The van der Waals surface area contributed by atoms with Crippen LogP contribution in [0.15, 0.2) is 24.4 Å². The second-order valence-electron chi connectivity index (χ2n) is 1.47. The highest BCUT2D eigenvalue weighted by molar-refractivity contribution is 4.99. The molecule has 0 bridgehead atoms. The highest BCUT2D eigenvalue weighted by atomic mass is 14.6. The van der Waals surface area contributed by atoms with E-state index in [1.54, 1.807) is 6.20 Å². The smallest absolute Gasteiger partial charge is 0.0372 e. The highest BCUT2D eigenvalue weighted by Crippen LogP contribution is 1.85. The van der Waals surface area contributed by atoms with Gasteiger partial charge in [-0.1, -0.05) is 6.07 Å². The molecule has 1 heterocycles. The molecule has 0 saturated heterocycles. The van der Waals surface area contributed by atoms with Crippen molar-refractivity contribution in [2.75, 3.05) is 0 Å². The third kappa shape index (κ3) is 1.71. The van der Waals surface area contributed by atoms with Gasteiger partial charge in [0.1, 0.15) is 0 Å². The van der Waals surface area contributed by atoms with Crippen LogP contribution in [0.2, 0.25) is 0 Å². The number of aromatic nitrogens is 1. The van der Waals surface area contributed by atoms with Gasteiger partial charge in [0.15, 0.2) is 0 Å². The minimum Gasteiger partial charge on any atom is -0.344 e.